The lowest BCUT2D eigenvalue weighted by Crippen LogP contribution is -2.44. The van der Waals surface area contributed by atoms with E-state index in [1.54, 1.807) is 64.2 Å². The van der Waals surface area contributed by atoms with Crippen molar-refractivity contribution in [3.8, 4) is 39.4 Å². The summed E-state index contributed by atoms with van der Waals surface area (Å²) in [7, 11) is 1.36. The third-order valence-electron chi connectivity index (χ3n) is 9.16. The first-order valence-corrected chi connectivity index (χ1v) is 18.9. The second-order valence-electron chi connectivity index (χ2n) is 14.7. The minimum Gasteiger partial charge on any atom is -0.481 e. The molecule has 5 aromatic rings. The lowest BCUT2D eigenvalue weighted by molar-refractivity contribution is -0.119. The monoisotopic (exact) mass is 804 g/mol. The van der Waals surface area contributed by atoms with Crippen LogP contribution in [0.15, 0.2) is 71.8 Å². The third kappa shape index (κ3) is 9.13. The Morgan fingerprint density at radius 3 is 2.41 bits per heavy atom. The zero-order valence-electron chi connectivity index (χ0n) is 31.7. The van der Waals surface area contributed by atoms with Gasteiger partial charge in [0.2, 0.25) is 11.8 Å². The number of aliphatic hydroxyl groups is 1. The summed E-state index contributed by atoms with van der Waals surface area (Å²) >= 11 is 14.1. The fourth-order valence-electron chi connectivity index (χ4n) is 6.49. The number of rotatable bonds is 12. The Labute approximate surface area is 333 Å². The van der Waals surface area contributed by atoms with Crippen LogP contribution in [0.4, 0.5) is 9.18 Å². The second kappa shape index (κ2) is 17.0. The minimum atomic E-state index is -0.806. The molecule has 3 aromatic heterocycles. The Balaban J connectivity index is 1.31. The first-order valence-electron chi connectivity index (χ1n) is 18.1. The maximum absolute atomic E-state index is 16.2. The number of nitrogens with zero attached hydrogens (tertiary/aromatic N) is 4. The Kier molecular flexibility index (Phi) is 12.3. The van der Waals surface area contributed by atoms with Gasteiger partial charge in [0.05, 0.1) is 41.1 Å². The predicted octanol–water partition coefficient (Wildman–Crippen LogP) is 7.03. The number of fused-ring (bicyclic) bond motifs is 1. The molecule has 2 amide bonds. The summed E-state index contributed by atoms with van der Waals surface area (Å²) in [5.41, 5.74) is 3.08. The van der Waals surface area contributed by atoms with Crippen molar-refractivity contribution in [2.75, 3.05) is 20.2 Å². The molecule has 0 saturated carbocycles. The highest BCUT2D eigenvalue weighted by molar-refractivity contribution is 6.39. The van der Waals surface area contributed by atoms with Gasteiger partial charge >= 0.3 is 6.09 Å². The lowest BCUT2D eigenvalue weighted by atomic mass is 9.97. The molecule has 6 rings (SSSR count). The SMILES string of the molecule is COc1nc(-c2cccc(-c3cccc(-c4ccn5c(=O)c(CNC[C@H](C)O)cnc5c4)c3Cl)c2Cl)cc(F)c1CN(C[C@@H]1CCC(=O)N1)C(=O)OC(C)(C)C. The highest BCUT2D eigenvalue weighted by Gasteiger charge is 2.30. The van der Waals surface area contributed by atoms with Gasteiger partial charge in [-0.2, -0.15) is 0 Å². The molecule has 0 radical (unpaired) electrons. The van der Waals surface area contributed by atoms with E-state index in [-0.39, 0.29) is 59.3 Å². The van der Waals surface area contributed by atoms with Gasteiger partial charge in [-0.15, -0.1) is 0 Å². The van der Waals surface area contributed by atoms with Gasteiger partial charge in [-0.1, -0.05) is 59.6 Å². The number of aromatic nitrogens is 3. The smallest absolute Gasteiger partial charge is 0.410 e. The maximum atomic E-state index is 16.2. The van der Waals surface area contributed by atoms with Gasteiger partial charge in [0.1, 0.15) is 17.1 Å². The first kappa shape index (κ1) is 40.6. The van der Waals surface area contributed by atoms with Crippen molar-refractivity contribution >= 4 is 40.8 Å². The molecule has 12 nitrogen and oxygen atoms in total. The number of benzene rings is 2. The maximum Gasteiger partial charge on any atom is 0.410 e. The molecular weight excluding hydrogens is 762 g/mol. The van der Waals surface area contributed by atoms with Gasteiger partial charge in [0, 0.05) is 78.4 Å². The van der Waals surface area contributed by atoms with Crippen LogP contribution in [0.3, 0.4) is 0 Å². The zero-order chi connectivity index (χ0) is 40.3. The van der Waals surface area contributed by atoms with E-state index >= 15 is 4.39 Å². The van der Waals surface area contributed by atoms with E-state index in [4.69, 9.17) is 32.7 Å². The normalized spacial score (nSPS) is 14.8. The number of amides is 2. The molecule has 1 saturated heterocycles. The molecule has 0 bridgehead atoms. The van der Waals surface area contributed by atoms with Crippen LogP contribution in [-0.4, -0.2) is 74.3 Å². The molecule has 3 N–H and O–H groups in total. The predicted molar refractivity (Wildman–Crippen MR) is 213 cm³/mol. The number of halogens is 3. The quantitative estimate of drug-likeness (QED) is 0.121. The van der Waals surface area contributed by atoms with Gasteiger partial charge in [-0.05, 0) is 51.8 Å². The van der Waals surface area contributed by atoms with E-state index in [0.717, 1.165) is 5.56 Å². The van der Waals surface area contributed by atoms with E-state index in [1.165, 1.54) is 28.7 Å². The number of nitrogens with one attached hydrogen (secondary N) is 2. The van der Waals surface area contributed by atoms with Gasteiger partial charge in [0.25, 0.3) is 5.56 Å². The van der Waals surface area contributed by atoms with Crippen molar-refractivity contribution in [2.45, 2.75) is 71.4 Å². The Morgan fingerprint density at radius 2 is 1.77 bits per heavy atom. The van der Waals surface area contributed by atoms with Crippen LogP contribution in [0.2, 0.25) is 10.0 Å². The molecule has 56 heavy (non-hydrogen) atoms. The molecular formula is C41H43Cl2FN6O6. The van der Waals surface area contributed by atoms with E-state index < -0.39 is 23.6 Å². The van der Waals surface area contributed by atoms with Crippen molar-refractivity contribution in [3.63, 3.8) is 0 Å². The second-order valence-corrected chi connectivity index (χ2v) is 15.4. The lowest BCUT2D eigenvalue weighted by Gasteiger charge is -2.29. The van der Waals surface area contributed by atoms with Crippen molar-refractivity contribution in [1.29, 1.82) is 0 Å². The number of carbonyl (C=O) groups excluding carboxylic acids is 2. The first-order chi connectivity index (χ1) is 26.6. The molecule has 4 heterocycles. The topological polar surface area (TPSA) is 147 Å². The van der Waals surface area contributed by atoms with Gasteiger partial charge < -0.3 is 30.1 Å². The number of methoxy groups -OCH3 is 1. The molecule has 1 aliphatic rings. The average Bonchev–Trinajstić information content (AvgIpc) is 3.56. The summed E-state index contributed by atoms with van der Waals surface area (Å²) in [5.74, 6) is -0.833. The summed E-state index contributed by atoms with van der Waals surface area (Å²) in [4.78, 5) is 48.8. The van der Waals surface area contributed by atoms with Crippen molar-refractivity contribution in [1.82, 2.24) is 29.9 Å². The van der Waals surface area contributed by atoms with Gasteiger partial charge in [0.15, 0.2) is 0 Å². The summed E-state index contributed by atoms with van der Waals surface area (Å²) in [5, 5.41) is 16.1. The van der Waals surface area contributed by atoms with E-state index in [1.807, 2.05) is 18.2 Å². The van der Waals surface area contributed by atoms with Crippen LogP contribution >= 0.6 is 23.2 Å². The largest absolute Gasteiger partial charge is 0.481 e. The molecule has 15 heteroatoms. The zero-order valence-corrected chi connectivity index (χ0v) is 33.2. The van der Waals surface area contributed by atoms with Crippen LogP contribution in [0.5, 0.6) is 5.88 Å². The van der Waals surface area contributed by atoms with Crippen LogP contribution in [-0.2, 0) is 22.6 Å². The fraction of sp³-hybridized carbons (Fsp3) is 0.341. The molecule has 0 aliphatic carbocycles. The fourth-order valence-corrected chi connectivity index (χ4v) is 7.15. The van der Waals surface area contributed by atoms with Crippen LogP contribution in [0, 0.1) is 5.82 Å². The molecule has 0 unspecified atom stereocenters. The van der Waals surface area contributed by atoms with Gasteiger partial charge in [-0.3, -0.25) is 14.0 Å². The molecule has 294 valence electrons. The summed E-state index contributed by atoms with van der Waals surface area (Å²) in [6.45, 7) is 7.37. The highest BCUT2D eigenvalue weighted by Crippen LogP contribution is 2.43. The number of hydrogen-bond donors (Lipinski definition) is 3. The average molecular weight is 806 g/mol. The molecule has 2 atom stereocenters. The summed E-state index contributed by atoms with van der Waals surface area (Å²) in [6, 6.07) is 15.3. The van der Waals surface area contributed by atoms with E-state index in [9.17, 15) is 19.5 Å². The minimum absolute atomic E-state index is 0.0332. The van der Waals surface area contributed by atoms with Gasteiger partial charge in [-0.25, -0.2) is 19.2 Å². The number of pyridine rings is 2. The Bertz CT molecular complexity index is 2350. The van der Waals surface area contributed by atoms with Crippen LogP contribution in [0.25, 0.3) is 39.2 Å². The molecule has 1 fully saturated rings. The highest BCUT2D eigenvalue weighted by atomic mass is 35.5. The number of ether oxygens (including phenoxy) is 2. The molecule has 2 aromatic carbocycles. The summed E-state index contributed by atoms with van der Waals surface area (Å²) in [6.07, 6.45) is 2.82. The van der Waals surface area contributed by atoms with E-state index in [2.05, 4.69) is 20.6 Å². The Morgan fingerprint density at radius 1 is 1.09 bits per heavy atom. The standard InChI is InChI=1S/C41H43Cl2FN6O6/c1-23(51)18-45-19-25-20-46-34-16-24(14-15-50(34)39(25)53)27-8-6-9-28(36(27)42)29-10-7-11-30(37(29)43)33-17-32(44)31(38(48-33)55-5)22-49(40(54)56-41(2,3)4)21-26-12-13-35(52)47-26/h6-11,14-17,20,23,26,45,51H,12-13,18-19,21-22H2,1-5H3,(H,47,52)/t23-,26-/m0/s1. The number of hydrogen-bond acceptors (Lipinski definition) is 9. The van der Waals surface area contributed by atoms with E-state index in [0.29, 0.717) is 57.9 Å². The number of aliphatic hydroxyl groups excluding tert-OH is 1. The van der Waals surface area contributed by atoms with Crippen molar-refractivity contribution in [2.24, 2.45) is 0 Å². The Hall–Kier alpha value is -5.08. The molecule has 1 aliphatic heterocycles. The van der Waals surface area contributed by atoms with Crippen LogP contribution in [0.1, 0.15) is 51.7 Å². The molecule has 0 spiro atoms. The number of carbonyl (C=O) groups is 2. The third-order valence-corrected chi connectivity index (χ3v) is 9.98. The summed E-state index contributed by atoms with van der Waals surface area (Å²) < 4.78 is 28.8. The van der Waals surface area contributed by atoms with Crippen molar-refractivity contribution < 1.29 is 28.6 Å². The van der Waals surface area contributed by atoms with Crippen LogP contribution < -0.4 is 20.9 Å². The van der Waals surface area contributed by atoms with Crippen molar-refractivity contribution in [3.05, 3.63) is 104 Å².